The van der Waals surface area contributed by atoms with Gasteiger partial charge < -0.3 is 9.84 Å². The van der Waals surface area contributed by atoms with Crippen LogP contribution in [0.4, 0.5) is 0 Å². The average Bonchev–Trinajstić information content (AvgIpc) is 2.24. The number of carboxylic acids is 1. The van der Waals surface area contributed by atoms with E-state index in [2.05, 4.69) is 20.1 Å². The van der Waals surface area contributed by atoms with Crippen LogP contribution in [0.2, 0.25) is 0 Å². The van der Waals surface area contributed by atoms with Gasteiger partial charge in [0.15, 0.2) is 0 Å². The van der Waals surface area contributed by atoms with Crippen LogP contribution < -0.4 is 0 Å². The minimum atomic E-state index is -1.26. The second-order valence-corrected chi connectivity index (χ2v) is 2.61. The van der Waals surface area contributed by atoms with Crippen LogP contribution >= 0.6 is 0 Å². The summed E-state index contributed by atoms with van der Waals surface area (Å²) in [6.07, 6.45) is 4.14. The molecule has 0 bridgehead atoms. The fourth-order valence-corrected chi connectivity index (χ4v) is 0.461. The maximum Gasteiger partial charge on any atom is 0.345 e. The summed E-state index contributed by atoms with van der Waals surface area (Å²) in [5, 5.41) is 15.6. The number of hydrogen-bond donors (Lipinski definition) is 1. The molecule has 0 fully saturated rings. The molecule has 15 heavy (non-hydrogen) atoms. The minimum Gasteiger partial charge on any atom is -0.477 e. The van der Waals surface area contributed by atoms with Gasteiger partial charge in [0.25, 0.3) is 0 Å². The zero-order valence-corrected chi connectivity index (χ0v) is 9.03. The van der Waals surface area contributed by atoms with Crippen molar-refractivity contribution in [2.75, 3.05) is 13.2 Å². The second-order valence-electron chi connectivity index (χ2n) is 2.61. The predicted molar refractivity (Wildman–Crippen MR) is 58.3 cm³/mol. The van der Waals surface area contributed by atoms with Gasteiger partial charge in [-0.15, -0.1) is 6.58 Å². The Kier molecular flexibility index (Phi) is 13.1. The molecule has 0 heterocycles. The molecule has 0 rings (SSSR count). The smallest absolute Gasteiger partial charge is 0.345 e. The van der Waals surface area contributed by atoms with Crippen molar-refractivity contribution in [3.8, 4) is 6.07 Å². The number of hydrogen-bond acceptors (Lipinski definition) is 3. The van der Waals surface area contributed by atoms with Crippen LogP contribution in [-0.4, -0.2) is 24.3 Å². The summed E-state index contributed by atoms with van der Waals surface area (Å²) in [5.41, 5.74) is -0.431. The Hall–Kier alpha value is -1.60. The molecule has 0 aliphatic carbocycles. The SMILES string of the molecule is C=C(C#N)C(=O)O.C=CCOCCCC. The zero-order valence-electron chi connectivity index (χ0n) is 9.03. The number of nitriles is 1. The molecule has 0 radical (unpaired) electrons. The summed E-state index contributed by atoms with van der Waals surface area (Å²) in [6.45, 7) is 10.2. The lowest BCUT2D eigenvalue weighted by Crippen LogP contribution is -1.94. The molecule has 0 amide bonds. The number of carboxylic acid groups (broad SMARTS) is 1. The van der Waals surface area contributed by atoms with Crippen LogP contribution in [0.1, 0.15) is 19.8 Å². The fourth-order valence-electron chi connectivity index (χ4n) is 0.461. The number of aliphatic carboxylic acids is 1. The van der Waals surface area contributed by atoms with Gasteiger partial charge in [-0.2, -0.15) is 5.26 Å². The molecule has 0 aliphatic rings. The molecule has 0 atom stereocenters. The van der Waals surface area contributed by atoms with Gasteiger partial charge in [0.1, 0.15) is 11.6 Å². The van der Waals surface area contributed by atoms with E-state index >= 15 is 0 Å². The summed E-state index contributed by atoms with van der Waals surface area (Å²) in [6, 6.07) is 1.37. The van der Waals surface area contributed by atoms with Crippen LogP contribution in [-0.2, 0) is 9.53 Å². The number of nitrogens with zero attached hydrogens (tertiary/aromatic N) is 1. The van der Waals surface area contributed by atoms with Gasteiger partial charge >= 0.3 is 5.97 Å². The molecule has 0 saturated heterocycles. The fraction of sp³-hybridized carbons (Fsp3) is 0.455. The first-order chi connectivity index (χ1) is 7.09. The van der Waals surface area contributed by atoms with Crippen LogP contribution in [0.5, 0.6) is 0 Å². The topological polar surface area (TPSA) is 70.3 Å². The number of unbranched alkanes of at least 4 members (excludes halogenated alkanes) is 1. The summed E-state index contributed by atoms with van der Waals surface area (Å²) in [5.74, 6) is -1.26. The highest BCUT2D eigenvalue weighted by atomic mass is 16.5. The van der Waals surface area contributed by atoms with E-state index in [0.717, 1.165) is 13.0 Å². The summed E-state index contributed by atoms with van der Waals surface area (Å²) in [4.78, 5) is 9.61. The quantitative estimate of drug-likeness (QED) is 0.316. The van der Waals surface area contributed by atoms with E-state index in [-0.39, 0.29) is 0 Å². The molecule has 4 heteroatoms. The first-order valence-electron chi connectivity index (χ1n) is 4.61. The van der Waals surface area contributed by atoms with Gasteiger partial charge in [-0.25, -0.2) is 4.79 Å². The van der Waals surface area contributed by atoms with E-state index in [4.69, 9.17) is 15.1 Å². The summed E-state index contributed by atoms with van der Waals surface area (Å²) in [7, 11) is 0. The molecule has 0 aromatic heterocycles. The zero-order chi connectivity index (χ0) is 12.1. The third-order valence-electron chi connectivity index (χ3n) is 1.27. The van der Waals surface area contributed by atoms with Crippen molar-refractivity contribution in [2.24, 2.45) is 0 Å². The first-order valence-corrected chi connectivity index (χ1v) is 4.61. The predicted octanol–water partition coefficient (Wildman–Crippen LogP) is 2.14. The monoisotopic (exact) mass is 211 g/mol. The Morgan fingerprint density at radius 1 is 1.67 bits per heavy atom. The van der Waals surface area contributed by atoms with Crippen molar-refractivity contribution in [3.63, 3.8) is 0 Å². The van der Waals surface area contributed by atoms with E-state index in [0.29, 0.717) is 6.61 Å². The number of ether oxygens (including phenoxy) is 1. The standard InChI is InChI=1S/C7H14O.C4H3NO2/c1-3-5-7-8-6-4-2;1-3(2-5)4(6)7/h4H,2-3,5-7H2,1H3;1H2,(H,6,7). The molecule has 0 unspecified atom stereocenters. The maximum absolute atomic E-state index is 9.61. The van der Waals surface area contributed by atoms with E-state index in [1.807, 2.05) is 0 Å². The Labute approximate surface area is 90.5 Å². The van der Waals surface area contributed by atoms with E-state index in [1.54, 1.807) is 6.08 Å². The summed E-state index contributed by atoms with van der Waals surface area (Å²) < 4.78 is 5.11. The van der Waals surface area contributed by atoms with E-state index < -0.39 is 11.5 Å². The highest BCUT2D eigenvalue weighted by molar-refractivity contribution is 5.90. The van der Waals surface area contributed by atoms with Crippen molar-refractivity contribution in [3.05, 3.63) is 24.8 Å². The third kappa shape index (κ3) is 15.2. The lowest BCUT2D eigenvalue weighted by atomic mass is 10.4. The number of carbonyl (C=O) groups is 1. The normalized spacial score (nSPS) is 8.00. The molecule has 1 N–H and O–H groups in total. The van der Waals surface area contributed by atoms with Crippen LogP contribution in [0.3, 0.4) is 0 Å². The van der Waals surface area contributed by atoms with E-state index in [1.165, 1.54) is 12.5 Å². The highest BCUT2D eigenvalue weighted by Crippen LogP contribution is 1.86. The molecular weight excluding hydrogens is 194 g/mol. The molecule has 0 aromatic rings. The average molecular weight is 211 g/mol. The molecule has 0 aromatic carbocycles. The van der Waals surface area contributed by atoms with Crippen LogP contribution in [0.25, 0.3) is 0 Å². The van der Waals surface area contributed by atoms with Crippen molar-refractivity contribution >= 4 is 5.97 Å². The van der Waals surface area contributed by atoms with Crippen molar-refractivity contribution in [1.82, 2.24) is 0 Å². The highest BCUT2D eigenvalue weighted by Gasteiger charge is 1.97. The molecule has 4 nitrogen and oxygen atoms in total. The largest absolute Gasteiger partial charge is 0.477 e. The van der Waals surface area contributed by atoms with Gasteiger partial charge in [-0.1, -0.05) is 26.0 Å². The van der Waals surface area contributed by atoms with Gasteiger partial charge in [-0.05, 0) is 6.42 Å². The molecule has 84 valence electrons. The molecule has 0 spiro atoms. The Bertz CT molecular complexity index is 241. The minimum absolute atomic E-state index is 0.431. The van der Waals surface area contributed by atoms with Gasteiger partial charge in [0.05, 0.1) is 6.61 Å². The Balaban J connectivity index is 0. The molecular formula is C11H17NO3. The van der Waals surface area contributed by atoms with Crippen LogP contribution in [0, 0.1) is 11.3 Å². The van der Waals surface area contributed by atoms with Gasteiger partial charge in [0, 0.05) is 6.61 Å². The van der Waals surface area contributed by atoms with Gasteiger partial charge in [-0.3, -0.25) is 0 Å². The second kappa shape index (κ2) is 12.4. The van der Waals surface area contributed by atoms with Crippen LogP contribution in [0.15, 0.2) is 24.8 Å². The van der Waals surface area contributed by atoms with Gasteiger partial charge in [0.2, 0.25) is 0 Å². The maximum atomic E-state index is 9.61. The van der Waals surface area contributed by atoms with E-state index in [9.17, 15) is 4.79 Å². The Morgan fingerprint density at radius 3 is 2.53 bits per heavy atom. The third-order valence-corrected chi connectivity index (χ3v) is 1.27. The molecule has 0 saturated carbocycles. The number of rotatable bonds is 6. The van der Waals surface area contributed by atoms with Crippen molar-refractivity contribution < 1.29 is 14.6 Å². The summed E-state index contributed by atoms with van der Waals surface area (Å²) >= 11 is 0. The molecule has 0 aliphatic heterocycles. The lowest BCUT2D eigenvalue weighted by Gasteiger charge is -1.95. The van der Waals surface area contributed by atoms with Crippen molar-refractivity contribution in [2.45, 2.75) is 19.8 Å². The Morgan fingerprint density at radius 2 is 2.27 bits per heavy atom. The first kappa shape index (κ1) is 15.9. The lowest BCUT2D eigenvalue weighted by molar-refractivity contribution is -0.132. The van der Waals surface area contributed by atoms with Crippen molar-refractivity contribution in [1.29, 1.82) is 5.26 Å².